The third-order valence-electron chi connectivity index (χ3n) is 4.47. The van der Waals surface area contributed by atoms with Crippen LogP contribution in [0.3, 0.4) is 0 Å². The average molecular weight is 294 g/mol. The van der Waals surface area contributed by atoms with Crippen LogP contribution < -0.4 is 16.6 Å². The molecule has 1 fully saturated rings. The largest absolute Gasteiger partial charge is 0.317 e. The Bertz CT molecular complexity index is 703. The van der Waals surface area contributed by atoms with Gasteiger partial charge in [-0.2, -0.15) is 0 Å². The van der Waals surface area contributed by atoms with Gasteiger partial charge in [-0.15, -0.1) is 0 Å². The van der Waals surface area contributed by atoms with Crippen molar-refractivity contribution in [2.45, 2.75) is 24.8 Å². The number of nitrogens with two attached hydrogens (primary N) is 1. The van der Waals surface area contributed by atoms with Crippen molar-refractivity contribution in [3.8, 4) is 0 Å². The number of amides is 1. The predicted molar refractivity (Wildman–Crippen MR) is 83.5 cm³/mol. The molecule has 0 radical (unpaired) electrons. The summed E-state index contributed by atoms with van der Waals surface area (Å²) >= 11 is 0. The fourth-order valence-electron chi connectivity index (χ4n) is 3.41. The first-order valence-electron chi connectivity index (χ1n) is 7.46. The van der Waals surface area contributed by atoms with E-state index >= 15 is 0 Å². The van der Waals surface area contributed by atoms with Crippen LogP contribution in [0.15, 0.2) is 54.6 Å². The second kappa shape index (κ2) is 5.21. The van der Waals surface area contributed by atoms with Gasteiger partial charge in [0.15, 0.2) is 0 Å². The smallest absolute Gasteiger partial charge is 0.255 e. The van der Waals surface area contributed by atoms with Crippen molar-refractivity contribution in [2.75, 3.05) is 0 Å². The zero-order valence-corrected chi connectivity index (χ0v) is 12.1. The average Bonchev–Trinajstić information content (AvgIpc) is 2.94. The Morgan fingerprint density at radius 3 is 2.55 bits per heavy atom. The normalized spacial score (nSPS) is 26.7. The number of benzene rings is 2. The summed E-state index contributed by atoms with van der Waals surface area (Å²) in [7, 11) is 0. The SMILES string of the molecule is NC1NNC2C1c1ccccc1C(=O)N2Cc1ccccc1. The number of rotatable bonds is 2. The van der Waals surface area contributed by atoms with Crippen LogP contribution in [0.25, 0.3) is 0 Å². The predicted octanol–water partition coefficient (Wildman–Crippen LogP) is 1.14. The van der Waals surface area contributed by atoms with Crippen LogP contribution in [-0.2, 0) is 6.54 Å². The van der Waals surface area contributed by atoms with E-state index < -0.39 is 0 Å². The first-order chi connectivity index (χ1) is 10.8. The number of carbonyl (C=O) groups excluding carboxylic acids is 1. The van der Waals surface area contributed by atoms with Gasteiger partial charge in [0.2, 0.25) is 0 Å². The van der Waals surface area contributed by atoms with Crippen LogP contribution in [0.1, 0.15) is 27.4 Å². The van der Waals surface area contributed by atoms with Crippen molar-refractivity contribution in [3.05, 3.63) is 71.3 Å². The second-order valence-corrected chi connectivity index (χ2v) is 5.79. The number of nitrogens with one attached hydrogen (secondary N) is 2. The summed E-state index contributed by atoms with van der Waals surface area (Å²) in [6, 6.07) is 17.8. The van der Waals surface area contributed by atoms with Crippen LogP contribution in [0, 0.1) is 0 Å². The highest BCUT2D eigenvalue weighted by Gasteiger charge is 2.45. The minimum absolute atomic E-state index is 0.0455. The van der Waals surface area contributed by atoms with E-state index in [2.05, 4.69) is 10.9 Å². The molecule has 3 unspecified atom stereocenters. The molecule has 22 heavy (non-hydrogen) atoms. The molecule has 5 nitrogen and oxygen atoms in total. The van der Waals surface area contributed by atoms with E-state index in [1.165, 1.54) is 0 Å². The lowest BCUT2D eigenvalue weighted by Gasteiger charge is -2.38. The lowest BCUT2D eigenvalue weighted by Crippen LogP contribution is -2.52. The highest BCUT2D eigenvalue weighted by molar-refractivity contribution is 5.97. The lowest BCUT2D eigenvalue weighted by atomic mass is 9.85. The van der Waals surface area contributed by atoms with Crippen molar-refractivity contribution < 1.29 is 4.79 Å². The van der Waals surface area contributed by atoms with Gasteiger partial charge in [-0.1, -0.05) is 48.5 Å². The highest BCUT2D eigenvalue weighted by atomic mass is 16.2. The molecule has 0 spiro atoms. The Morgan fingerprint density at radius 2 is 1.73 bits per heavy atom. The third kappa shape index (κ3) is 2.02. The number of hydrazine groups is 1. The maximum absolute atomic E-state index is 12.9. The Hall–Kier alpha value is -2.21. The van der Waals surface area contributed by atoms with Crippen molar-refractivity contribution in [3.63, 3.8) is 0 Å². The Morgan fingerprint density at radius 1 is 1.00 bits per heavy atom. The number of hydrogen-bond donors (Lipinski definition) is 3. The summed E-state index contributed by atoms with van der Waals surface area (Å²) in [5.41, 5.74) is 15.3. The summed E-state index contributed by atoms with van der Waals surface area (Å²) < 4.78 is 0. The summed E-state index contributed by atoms with van der Waals surface area (Å²) in [5, 5.41) is 0. The topological polar surface area (TPSA) is 70.4 Å². The molecule has 0 aliphatic carbocycles. The second-order valence-electron chi connectivity index (χ2n) is 5.79. The van der Waals surface area contributed by atoms with Crippen LogP contribution in [-0.4, -0.2) is 23.1 Å². The summed E-state index contributed by atoms with van der Waals surface area (Å²) in [4.78, 5) is 14.8. The van der Waals surface area contributed by atoms with E-state index in [1.807, 2.05) is 59.5 Å². The molecule has 2 aliphatic rings. The highest BCUT2D eigenvalue weighted by Crippen LogP contribution is 2.36. The van der Waals surface area contributed by atoms with Crippen molar-refractivity contribution in [1.29, 1.82) is 0 Å². The van der Waals surface area contributed by atoms with Gasteiger partial charge >= 0.3 is 0 Å². The molecular formula is C17H18N4O. The molecule has 2 aromatic rings. The monoisotopic (exact) mass is 294 g/mol. The molecule has 4 rings (SSSR count). The molecule has 2 aliphatic heterocycles. The van der Waals surface area contributed by atoms with Gasteiger partial charge in [0, 0.05) is 18.0 Å². The molecule has 3 atom stereocenters. The molecule has 2 aromatic carbocycles. The molecule has 0 saturated carbocycles. The summed E-state index contributed by atoms with van der Waals surface area (Å²) in [6.45, 7) is 0.566. The molecule has 1 saturated heterocycles. The van der Waals surface area contributed by atoms with Crippen LogP contribution in [0.5, 0.6) is 0 Å². The molecule has 4 N–H and O–H groups in total. The third-order valence-corrected chi connectivity index (χ3v) is 4.47. The molecule has 112 valence electrons. The Labute approximate surface area is 129 Å². The standard InChI is InChI=1S/C17H18N4O/c18-15-14-12-8-4-5-9-13(12)17(22)21(16(14)20-19-15)10-11-6-2-1-3-7-11/h1-9,14-16,19-20H,10,18H2. The van der Waals surface area contributed by atoms with E-state index in [0.29, 0.717) is 6.54 Å². The van der Waals surface area contributed by atoms with E-state index in [4.69, 9.17) is 5.73 Å². The van der Waals surface area contributed by atoms with Gasteiger partial charge in [0.25, 0.3) is 5.91 Å². The van der Waals surface area contributed by atoms with Crippen LogP contribution in [0.4, 0.5) is 0 Å². The van der Waals surface area contributed by atoms with Gasteiger partial charge in [0.1, 0.15) is 6.17 Å². The number of fused-ring (bicyclic) bond motifs is 3. The van der Waals surface area contributed by atoms with Crippen molar-refractivity contribution >= 4 is 5.91 Å². The van der Waals surface area contributed by atoms with E-state index in [0.717, 1.165) is 16.7 Å². The van der Waals surface area contributed by atoms with Gasteiger partial charge in [0.05, 0.1) is 6.17 Å². The van der Waals surface area contributed by atoms with Gasteiger partial charge in [-0.3, -0.25) is 4.79 Å². The minimum atomic E-state index is -0.211. The minimum Gasteiger partial charge on any atom is -0.317 e. The first kappa shape index (κ1) is 13.5. The molecule has 2 heterocycles. The molecule has 0 aromatic heterocycles. The maximum Gasteiger partial charge on any atom is 0.255 e. The number of carbonyl (C=O) groups is 1. The zero-order chi connectivity index (χ0) is 15.1. The van der Waals surface area contributed by atoms with Gasteiger partial charge in [-0.25, -0.2) is 10.9 Å². The van der Waals surface area contributed by atoms with Gasteiger partial charge < -0.3 is 10.6 Å². The fourth-order valence-corrected chi connectivity index (χ4v) is 3.41. The zero-order valence-electron chi connectivity index (χ0n) is 12.1. The molecule has 0 bridgehead atoms. The maximum atomic E-state index is 12.9. The van der Waals surface area contributed by atoms with Crippen molar-refractivity contribution in [1.82, 2.24) is 15.8 Å². The number of hydrogen-bond acceptors (Lipinski definition) is 4. The first-order valence-corrected chi connectivity index (χ1v) is 7.46. The quantitative estimate of drug-likeness (QED) is 0.777. The van der Waals surface area contributed by atoms with E-state index in [-0.39, 0.29) is 24.2 Å². The Kier molecular flexibility index (Phi) is 3.18. The van der Waals surface area contributed by atoms with Crippen LogP contribution in [0.2, 0.25) is 0 Å². The lowest BCUT2D eigenvalue weighted by molar-refractivity contribution is 0.0580. The van der Waals surface area contributed by atoms with Crippen molar-refractivity contribution in [2.24, 2.45) is 5.73 Å². The fraction of sp³-hybridized carbons (Fsp3) is 0.235. The summed E-state index contributed by atoms with van der Waals surface area (Å²) in [5.74, 6) is 0.0988. The number of nitrogens with zero attached hydrogens (tertiary/aromatic N) is 1. The van der Waals surface area contributed by atoms with Crippen LogP contribution >= 0.6 is 0 Å². The van der Waals surface area contributed by atoms with E-state index in [9.17, 15) is 4.79 Å². The molecular weight excluding hydrogens is 276 g/mol. The summed E-state index contributed by atoms with van der Waals surface area (Å²) in [6.07, 6.45) is -0.338. The molecule has 5 heteroatoms. The van der Waals surface area contributed by atoms with Gasteiger partial charge in [-0.05, 0) is 17.2 Å². The Balaban J connectivity index is 1.75. The van der Waals surface area contributed by atoms with E-state index in [1.54, 1.807) is 0 Å². The molecule has 1 amide bonds.